The van der Waals surface area contributed by atoms with Gasteiger partial charge in [0, 0.05) is 17.1 Å². The number of aromatic amines is 1. The Morgan fingerprint density at radius 2 is 1.94 bits per heavy atom. The van der Waals surface area contributed by atoms with E-state index in [4.69, 9.17) is 29.8 Å². The topological polar surface area (TPSA) is 331 Å². The average Bonchev–Trinajstić information content (AvgIpc) is 3.76. The average molecular weight is 718 g/mol. The molecular formula is C22H27N10O12P2S+. The second kappa shape index (κ2) is 12.8. The number of aromatic nitrogens is 8. The van der Waals surface area contributed by atoms with Crippen molar-refractivity contribution in [2.45, 2.75) is 42.1 Å². The normalized spacial score (nSPS) is 26.4. The molecule has 25 heteroatoms. The van der Waals surface area contributed by atoms with Crippen molar-refractivity contribution in [3.05, 3.63) is 28.8 Å². The Hall–Kier alpha value is -3.60. The van der Waals surface area contributed by atoms with Crippen molar-refractivity contribution in [3.8, 4) is 0 Å². The Morgan fingerprint density at radius 1 is 1.19 bits per heavy atom. The summed E-state index contributed by atoms with van der Waals surface area (Å²) in [5.74, 6) is -1.72. The minimum absolute atomic E-state index is 0.0263. The molecule has 252 valence electrons. The van der Waals surface area contributed by atoms with E-state index in [1.807, 2.05) is 0 Å². The third kappa shape index (κ3) is 6.23. The number of aliphatic hydroxyl groups is 3. The van der Waals surface area contributed by atoms with Gasteiger partial charge < -0.3 is 36.0 Å². The predicted octanol–water partition coefficient (Wildman–Crippen LogP) is -1.19. The van der Waals surface area contributed by atoms with Crippen LogP contribution in [0.3, 0.4) is 0 Å². The number of nitrogens with two attached hydrogens (primary N) is 2. The Morgan fingerprint density at radius 3 is 2.64 bits per heavy atom. The van der Waals surface area contributed by atoms with E-state index >= 15 is 0 Å². The van der Waals surface area contributed by atoms with Gasteiger partial charge in [0.2, 0.25) is 11.9 Å². The quantitative estimate of drug-likeness (QED) is 0.0514. The van der Waals surface area contributed by atoms with Crippen LogP contribution >= 0.6 is 27.8 Å². The maximum atomic E-state index is 13.2. The summed E-state index contributed by atoms with van der Waals surface area (Å²) in [4.78, 5) is 55.3. The molecule has 1 aliphatic heterocycles. The van der Waals surface area contributed by atoms with Gasteiger partial charge in [-0.1, -0.05) is 0 Å². The molecule has 0 spiro atoms. The number of allylic oxidation sites excluding steroid dienone is 1. The Kier molecular flexibility index (Phi) is 9.06. The largest absolute Gasteiger partial charge is 0.695 e. The number of phosphoric acid groups is 1. The second-order valence-electron chi connectivity index (χ2n) is 10.3. The number of imidazole rings is 2. The van der Waals surface area contributed by atoms with Crippen LogP contribution in [0.1, 0.15) is 12.6 Å². The number of ether oxygens (including phenoxy) is 1. The first-order valence-electron chi connectivity index (χ1n) is 13.4. The lowest BCUT2D eigenvalue weighted by Crippen LogP contribution is -2.35. The first-order valence-corrected chi connectivity index (χ1v) is 17.3. The fourth-order valence-electron chi connectivity index (χ4n) is 5.33. The van der Waals surface area contributed by atoms with Gasteiger partial charge in [-0.25, -0.2) is 19.5 Å². The number of thioether (sulfide) groups is 1. The number of fused-ring (bicyclic) bond motifs is 2. The number of nitrogens with zero attached hydrogens (tertiary/aromatic N) is 7. The summed E-state index contributed by atoms with van der Waals surface area (Å²) in [6.45, 7) is -1.39. The summed E-state index contributed by atoms with van der Waals surface area (Å²) in [6, 6.07) is 0. The van der Waals surface area contributed by atoms with Crippen molar-refractivity contribution in [1.82, 2.24) is 39.0 Å². The Bertz CT molecular complexity index is 2000. The van der Waals surface area contributed by atoms with Gasteiger partial charge in [-0.05, 0) is 12.7 Å². The standard InChI is InChI=1S/C22H26N10O12P2S/c1-47-19-11-17(28-22(24)30-19)32(6-26-11)20-13(35)15(43-45(37)38)9(42-20)4-41-46(39,40)44-14-8(2-7(3-33)12(14)34)31-5-25-10-16(31)27-21(23)29-18(10)36/h5-7,9,12-13,15,20,33-35H,2-4H2,1H3,(H6-,23,24,27,28,29,30,36,37,38,39,40)/p+1. The van der Waals surface area contributed by atoms with Crippen LogP contribution in [0.15, 0.2) is 28.2 Å². The lowest BCUT2D eigenvalue weighted by Gasteiger charge is -2.21. The smallest absolute Gasteiger partial charge is 0.404 e. The van der Waals surface area contributed by atoms with Crippen LogP contribution in [-0.2, 0) is 27.4 Å². The van der Waals surface area contributed by atoms with E-state index in [9.17, 15) is 39.0 Å². The van der Waals surface area contributed by atoms with E-state index in [-0.39, 0.29) is 40.8 Å². The summed E-state index contributed by atoms with van der Waals surface area (Å²) >= 11 is 1.24. The molecule has 0 radical (unpaired) electrons. The highest BCUT2D eigenvalue weighted by atomic mass is 32.2. The van der Waals surface area contributed by atoms with Gasteiger partial charge in [-0.15, -0.1) is 21.2 Å². The van der Waals surface area contributed by atoms with E-state index in [2.05, 4.69) is 29.9 Å². The highest BCUT2D eigenvalue weighted by Gasteiger charge is 2.51. The molecule has 2 aliphatic rings. The summed E-state index contributed by atoms with van der Waals surface area (Å²) in [7, 11) is -8.45. The van der Waals surface area contributed by atoms with Gasteiger partial charge in [0.15, 0.2) is 34.9 Å². The van der Waals surface area contributed by atoms with E-state index in [0.29, 0.717) is 10.5 Å². The number of H-pyrrole nitrogens is 1. The van der Waals surface area contributed by atoms with Crippen molar-refractivity contribution in [1.29, 1.82) is 0 Å². The maximum Gasteiger partial charge on any atom is 0.695 e. The number of nitrogens with one attached hydrogen (secondary N) is 1. The van der Waals surface area contributed by atoms with Crippen molar-refractivity contribution in [2.75, 3.05) is 30.9 Å². The van der Waals surface area contributed by atoms with Gasteiger partial charge in [-0.3, -0.25) is 28.3 Å². The summed E-state index contributed by atoms with van der Waals surface area (Å²) in [5.41, 5.74) is 11.2. The highest BCUT2D eigenvalue weighted by molar-refractivity contribution is 7.98. The molecule has 4 aromatic heterocycles. The molecule has 0 bridgehead atoms. The zero-order valence-electron chi connectivity index (χ0n) is 23.9. The molecule has 0 amide bonds. The van der Waals surface area contributed by atoms with Crippen LogP contribution in [0, 0.1) is 5.92 Å². The number of aliphatic hydroxyl groups excluding tert-OH is 3. The number of hydrogen-bond donors (Lipinski definition) is 8. The van der Waals surface area contributed by atoms with E-state index < -0.39 is 77.2 Å². The molecule has 4 aromatic rings. The number of hydrogen-bond acceptors (Lipinski definition) is 18. The molecule has 10 N–H and O–H groups in total. The molecule has 8 atom stereocenters. The van der Waals surface area contributed by atoms with Gasteiger partial charge in [0.1, 0.15) is 35.2 Å². The Labute approximate surface area is 267 Å². The van der Waals surface area contributed by atoms with Crippen molar-refractivity contribution >= 4 is 67.8 Å². The zero-order chi connectivity index (χ0) is 33.8. The molecule has 22 nitrogen and oxygen atoms in total. The molecule has 8 unspecified atom stereocenters. The molecule has 1 fully saturated rings. The SMILES string of the molecule is CSc1nc(N)nc2c1ncn2C1OC(COP(=O)(O)OC2=C(n3cnc4c(=O)[nH]c(N)nc43)CC(CO)C2O)C(O[P+](=O)O)C1O. The predicted molar refractivity (Wildman–Crippen MR) is 160 cm³/mol. The minimum atomic E-state index is -5.16. The molecule has 6 rings (SSSR count). The first-order chi connectivity index (χ1) is 22.3. The summed E-state index contributed by atoms with van der Waals surface area (Å²) < 4.78 is 48.6. The molecule has 0 aromatic carbocycles. The lowest BCUT2D eigenvalue weighted by atomic mass is 10.1. The van der Waals surface area contributed by atoms with Gasteiger partial charge in [0.05, 0.1) is 18.6 Å². The highest BCUT2D eigenvalue weighted by Crippen LogP contribution is 2.51. The lowest BCUT2D eigenvalue weighted by molar-refractivity contribution is -0.0505. The van der Waals surface area contributed by atoms with Crippen molar-refractivity contribution < 1.29 is 52.5 Å². The fourth-order valence-corrected chi connectivity index (χ4v) is 7.17. The zero-order valence-corrected chi connectivity index (χ0v) is 26.5. The monoisotopic (exact) mass is 717 g/mol. The van der Waals surface area contributed by atoms with Crippen LogP contribution in [0.2, 0.25) is 0 Å². The van der Waals surface area contributed by atoms with Crippen LogP contribution < -0.4 is 17.0 Å². The number of rotatable bonds is 11. The Balaban J connectivity index is 1.27. The number of anilines is 2. The molecule has 1 aliphatic carbocycles. The summed E-state index contributed by atoms with van der Waals surface area (Å²) in [6.07, 6.45) is -3.52. The van der Waals surface area contributed by atoms with E-state index in [1.165, 1.54) is 27.2 Å². The van der Waals surface area contributed by atoms with Crippen LogP contribution in [0.25, 0.3) is 28.0 Å². The molecule has 47 heavy (non-hydrogen) atoms. The minimum Gasteiger partial charge on any atom is -0.404 e. The number of nitrogen functional groups attached to an aromatic ring is 2. The fraction of sp³-hybridized carbons (Fsp3) is 0.455. The summed E-state index contributed by atoms with van der Waals surface area (Å²) in [5, 5.41) is 32.2. The second-order valence-corrected chi connectivity index (χ2v) is 13.1. The van der Waals surface area contributed by atoms with Gasteiger partial charge in [-0.2, -0.15) is 9.97 Å². The van der Waals surface area contributed by atoms with Crippen LogP contribution in [0.5, 0.6) is 0 Å². The van der Waals surface area contributed by atoms with E-state index in [1.54, 1.807) is 6.26 Å². The van der Waals surface area contributed by atoms with Crippen LogP contribution in [-0.4, -0.2) is 108 Å². The van der Waals surface area contributed by atoms with Crippen LogP contribution in [0.4, 0.5) is 11.9 Å². The first kappa shape index (κ1) is 33.3. The molecular weight excluding hydrogens is 690 g/mol. The van der Waals surface area contributed by atoms with Gasteiger partial charge >= 0.3 is 16.1 Å². The molecule has 1 saturated heterocycles. The maximum absolute atomic E-state index is 13.2. The van der Waals surface area contributed by atoms with Crippen molar-refractivity contribution in [2.24, 2.45) is 5.92 Å². The third-order valence-corrected chi connectivity index (χ3v) is 9.41. The molecule has 0 saturated carbocycles. The number of phosphoric ester groups is 1. The van der Waals surface area contributed by atoms with E-state index in [0.717, 1.165) is 6.33 Å². The third-order valence-electron chi connectivity index (χ3n) is 7.42. The van der Waals surface area contributed by atoms with Gasteiger partial charge in [0.25, 0.3) is 5.56 Å². The molecule has 5 heterocycles. The van der Waals surface area contributed by atoms with Crippen molar-refractivity contribution in [3.63, 3.8) is 0 Å².